The maximum Gasteiger partial charge on any atom is 0.180 e. The van der Waals surface area contributed by atoms with Gasteiger partial charge in [0.15, 0.2) is 5.78 Å². The van der Waals surface area contributed by atoms with Crippen molar-refractivity contribution in [3.63, 3.8) is 0 Å². The van der Waals surface area contributed by atoms with Crippen LogP contribution in [-0.2, 0) is 0 Å². The van der Waals surface area contributed by atoms with Crippen LogP contribution in [0.2, 0.25) is 0 Å². The number of anilines is 1. The van der Waals surface area contributed by atoms with Gasteiger partial charge in [0.2, 0.25) is 0 Å². The zero-order chi connectivity index (χ0) is 22.1. The molecule has 3 rings (SSSR count). The lowest BCUT2D eigenvalue weighted by Crippen LogP contribution is -2.53. The van der Waals surface area contributed by atoms with Crippen molar-refractivity contribution in [3.8, 4) is 11.5 Å². The van der Waals surface area contributed by atoms with Gasteiger partial charge in [-0.3, -0.25) is 9.69 Å². The van der Waals surface area contributed by atoms with Gasteiger partial charge in [0, 0.05) is 37.4 Å². The van der Waals surface area contributed by atoms with E-state index in [-0.39, 0.29) is 5.78 Å². The highest BCUT2D eigenvalue weighted by Crippen LogP contribution is 2.26. The molecule has 0 spiro atoms. The number of rotatable bonds is 6. The number of hydrogen-bond donors (Lipinski definition) is 0. The number of Topliss-reactive ketones (excluding diaryl/α,β-unsaturated/α-hetero) is 1. The Morgan fingerprint density at radius 1 is 1.17 bits per heavy atom. The zero-order valence-corrected chi connectivity index (χ0v) is 18.9. The molecule has 0 saturated carbocycles. The number of methoxy groups -OCH3 is 2. The van der Waals surface area contributed by atoms with E-state index in [1.165, 1.54) is 11.3 Å². The second-order valence-electron chi connectivity index (χ2n) is 7.45. The normalized spacial score (nSPS) is 16.3. The van der Waals surface area contributed by atoms with Crippen LogP contribution in [0.4, 0.5) is 5.69 Å². The molecule has 1 saturated heterocycles. The highest BCUT2D eigenvalue weighted by molar-refractivity contribution is 6.00. The first-order chi connectivity index (χ1) is 14.4. The van der Waals surface area contributed by atoms with E-state index in [0.717, 1.165) is 19.6 Å². The Labute approximate surface area is 180 Å². The summed E-state index contributed by atoms with van der Waals surface area (Å²) < 4.78 is 10.6. The summed E-state index contributed by atoms with van der Waals surface area (Å²) in [6, 6.07) is 14.1. The number of ether oxygens (including phenoxy) is 2. The first-order valence-electron chi connectivity index (χ1n) is 10.3. The van der Waals surface area contributed by atoms with E-state index < -0.39 is 0 Å². The fourth-order valence-corrected chi connectivity index (χ4v) is 3.67. The van der Waals surface area contributed by atoms with Gasteiger partial charge in [0.1, 0.15) is 11.5 Å². The Balaban J connectivity index is 0.00000101. The fourth-order valence-electron chi connectivity index (χ4n) is 3.67. The van der Waals surface area contributed by atoms with Gasteiger partial charge in [-0.15, -0.1) is 6.58 Å². The summed E-state index contributed by atoms with van der Waals surface area (Å²) >= 11 is 0. The van der Waals surface area contributed by atoms with Crippen molar-refractivity contribution in [2.75, 3.05) is 45.3 Å². The number of para-hydroxylation sites is 1. The molecule has 1 aliphatic heterocycles. The summed E-state index contributed by atoms with van der Waals surface area (Å²) in [5, 5.41) is 0. The quantitative estimate of drug-likeness (QED) is 0.514. The lowest BCUT2D eigenvalue weighted by molar-refractivity contribution is 0.0884. The lowest BCUT2D eigenvalue weighted by Gasteiger charge is -2.41. The van der Waals surface area contributed by atoms with Gasteiger partial charge in [-0.25, -0.2) is 0 Å². The standard InChI is InChI=1S/C22H28N2O3.C3H6/c1-16-7-5-6-8-20(16)24-12-11-23(17(2)14-24)15-21(25)19-10-9-18(26-3)13-22(19)27-4;1-3-2/h5-10,13,17H,11-12,14-15H2,1-4H3;3H,1H2,2H3. The number of carbonyl (C=O) groups is 1. The summed E-state index contributed by atoms with van der Waals surface area (Å²) in [6.45, 7) is 12.7. The SMILES string of the molecule is C=CC.COc1ccc(C(=O)CN2CCN(c3ccccc3C)CC2C)c(OC)c1. The fraction of sp³-hybridized carbons (Fsp3) is 0.400. The predicted molar refractivity (Wildman–Crippen MR) is 124 cm³/mol. The molecule has 1 unspecified atom stereocenters. The molecule has 1 heterocycles. The monoisotopic (exact) mass is 410 g/mol. The van der Waals surface area contributed by atoms with E-state index >= 15 is 0 Å². The molecule has 5 nitrogen and oxygen atoms in total. The molecule has 2 aromatic rings. The van der Waals surface area contributed by atoms with E-state index in [9.17, 15) is 4.79 Å². The van der Waals surface area contributed by atoms with Crippen LogP contribution in [0.1, 0.15) is 29.8 Å². The molecule has 5 heteroatoms. The molecule has 0 aliphatic carbocycles. The average Bonchev–Trinajstić information content (AvgIpc) is 2.75. The van der Waals surface area contributed by atoms with Gasteiger partial charge in [-0.05, 0) is 44.5 Å². The third kappa shape index (κ3) is 5.86. The number of ketones is 1. The van der Waals surface area contributed by atoms with Crippen molar-refractivity contribution in [1.29, 1.82) is 0 Å². The Morgan fingerprint density at radius 2 is 1.87 bits per heavy atom. The Morgan fingerprint density at radius 3 is 2.47 bits per heavy atom. The Kier molecular flexibility index (Phi) is 8.93. The minimum Gasteiger partial charge on any atom is -0.497 e. The second kappa shape index (κ2) is 11.4. The average molecular weight is 411 g/mol. The van der Waals surface area contributed by atoms with Gasteiger partial charge in [0.25, 0.3) is 0 Å². The topological polar surface area (TPSA) is 42.0 Å². The molecule has 1 atom stereocenters. The third-order valence-electron chi connectivity index (χ3n) is 5.28. The summed E-state index contributed by atoms with van der Waals surface area (Å²) in [6.07, 6.45) is 1.75. The third-order valence-corrected chi connectivity index (χ3v) is 5.28. The van der Waals surface area contributed by atoms with Crippen LogP contribution >= 0.6 is 0 Å². The van der Waals surface area contributed by atoms with Crippen LogP contribution < -0.4 is 14.4 Å². The minimum atomic E-state index is 0.0747. The van der Waals surface area contributed by atoms with E-state index in [0.29, 0.717) is 29.6 Å². The summed E-state index contributed by atoms with van der Waals surface area (Å²) in [5.74, 6) is 1.32. The van der Waals surface area contributed by atoms with Gasteiger partial charge in [-0.1, -0.05) is 24.3 Å². The number of piperazine rings is 1. The largest absolute Gasteiger partial charge is 0.497 e. The molecule has 0 aromatic heterocycles. The Bertz CT molecular complexity index is 850. The smallest absolute Gasteiger partial charge is 0.180 e. The van der Waals surface area contributed by atoms with E-state index in [1.54, 1.807) is 38.5 Å². The van der Waals surface area contributed by atoms with E-state index in [1.807, 2.05) is 6.92 Å². The molecule has 162 valence electrons. The first-order valence-corrected chi connectivity index (χ1v) is 10.3. The van der Waals surface area contributed by atoms with Crippen LogP contribution in [0.5, 0.6) is 11.5 Å². The minimum absolute atomic E-state index is 0.0747. The molecule has 0 N–H and O–H groups in total. The molecular formula is C25H34N2O3. The summed E-state index contributed by atoms with van der Waals surface area (Å²) in [5.41, 5.74) is 3.18. The van der Waals surface area contributed by atoms with Crippen molar-refractivity contribution < 1.29 is 14.3 Å². The maximum atomic E-state index is 12.9. The van der Waals surface area contributed by atoms with E-state index in [2.05, 4.69) is 54.5 Å². The van der Waals surface area contributed by atoms with Gasteiger partial charge >= 0.3 is 0 Å². The van der Waals surface area contributed by atoms with Crippen molar-refractivity contribution in [1.82, 2.24) is 4.90 Å². The molecule has 2 aromatic carbocycles. The molecule has 30 heavy (non-hydrogen) atoms. The molecule has 1 aliphatic rings. The lowest BCUT2D eigenvalue weighted by atomic mass is 10.1. The number of hydrogen-bond acceptors (Lipinski definition) is 5. The van der Waals surface area contributed by atoms with Crippen molar-refractivity contribution >= 4 is 11.5 Å². The highest BCUT2D eigenvalue weighted by atomic mass is 16.5. The maximum absolute atomic E-state index is 12.9. The van der Waals surface area contributed by atoms with Crippen LogP contribution in [0.15, 0.2) is 55.1 Å². The van der Waals surface area contributed by atoms with Gasteiger partial charge < -0.3 is 14.4 Å². The first kappa shape index (κ1) is 23.5. The molecule has 0 radical (unpaired) electrons. The molecule has 1 fully saturated rings. The van der Waals surface area contributed by atoms with E-state index in [4.69, 9.17) is 9.47 Å². The van der Waals surface area contributed by atoms with Gasteiger partial charge in [-0.2, -0.15) is 0 Å². The zero-order valence-electron chi connectivity index (χ0n) is 18.9. The predicted octanol–water partition coefficient (Wildman–Crippen LogP) is 4.60. The summed E-state index contributed by atoms with van der Waals surface area (Å²) in [7, 11) is 3.18. The second-order valence-corrected chi connectivity index (χ2v) is 7.45. The Hall–Kier alpha value is -2.79. The number of benzene rings is 2. The molecule has 0 amide bonds. The summed E-state index contributed by atoms with van der Waals surface area (Å²) in [4.78, 5) is 17.5. The molecular weight excluding hydrogens is 376 g/mol. The van der Waals surface area contributed by atoms with Gasteiger partial charge in [0.05, 0.1) is 26.3 Å². The number of aryl methyl sites for hydroxylation is 1. The van der Waals surface area contributed by atoms with Crippen LogP contribution in [-0.4, -0.2) is 57.1 Å². The van der Waals surface area contributed by atoms with Crippen molar-refractivity contribution in [2.45, 2.75) is 26.8 Å². The van der Waals surface area contributed by atoms with Crippen LogP contribution in [0, 0.1) is 6.92 Å². The number of nitrogens with zero attached hydrogens (tertiary/aromatic N) is 2. The van der Waals surface area contributed by atoms with Crippen LogP contribution in [0.25, 0.3) is 0 Å². The van der Waals surface area contributed by atoms with Crippen molar-refractivity contribution in [3.05, 3.63) is 66.2 Å². The number of carbonyl (C=O) groups excluding carboxylic acids is 1. The highest BCUT2D eigenvalue weighted by Gasteiger charge is 2.27. The van der Waals surface area contributed by atoms with Crippen molar-refractivity contribution in [2.24, 2.45) is 0 Å². The number of allylic oxidation sites excluding steroid dienone is 1. The molecule has 0 bridgehead atoms. The van der Waals surface area contributed by atoms with Crippen LogP contribution in [0.3, 0.4) is 0 Å².